The van der Waals surface area contributed by atoms with Crippen LogP contribution in [-0.2, 0) is 0 Å². The first-order chi connectivity index (χ1) is 11.1. The van der Waals surface area contributed by atoms with Crippen molar-refractivity contribution in [1.29, 1.82) is 0 Å². The number of hydrogen-bond acceptors (Lipinski definition) is 6. The van der Waals surface area contributed by atoms with Gasteiger partial charge in [-0.2, -0.15) is 4.37 Å². The topological polar surface area (TPSA) is 62.2 Å². The van der Waals surface area contributed by atoms with Crippen molar-refractivity contribution in [3.63, 3.8) is 0 Å². The van der Waals surface area contributed by atoms with Crippen LogP contribution < -0.4 is 4.90 Å². The van der Waals surface area contributed by atoms with Gasteiger partial charge in [-0.15, -0.1) is 0 Å². The molecule has 0 bridgehead atoms. The van der Waals surface area contributed by atoms with Crippen molar-refractivity contribution in [1.82, 2.24) is 19.2 Å². The van der Waals surface area contributed by atoms with Crippen molar-refractivity contribution < 1.29 is 4.79 Å². The summed E-state index contributed by atoms with van der Waals surface area (Å²) >= 11 is 1.45. The van der Waals surface area contributed by atoms with Gasteiger partial charge < -0.3 is 9.80 Å². The second-order valence-electron chi connectivity index (χ2n) is 5.96. The molecule has 1 saturated heterocycles. The van der Waals surface area contributed by atoms with Crippen LogP contribution in [0.4, 0.5) is 5.13 Å². The summed E-state index contributed by atoms with van der Waals surface area (Å²) in [4.78, 5) is 25.3. The quantitative estimate of drug-likeness (QED) is 0.864. The number of carbonyl (C=O) groups excluding carboxylic acids is 1. The molecule has 0 N–H and O–H groups in total. The summed E-state index contributed by atoms with van der Waals surface area (Å²) in [6.45, 7) is 7.38. The highest BCUT2D eigenvalue weighted by molar-refractivity contribution is 7.09. The monoisotopic (exact) mass is 331 g/mol. The van der Waals surface area contributed by atoms with E-state index >= 15 is 0 Å². The zero-order valence-electron chi connectivity index (χ0n) is 13.5. The molecule has 0 radical (unpaired) electrons. The fourth-order valence-corrected chi connectivity index (χ4v) is 3.44. The summed E-state index contributed by atoms with van der Waals surface area (Å²) in [6, 6.07) is 3.54. The molecule has 1 fully saturated rings. The van der Waals surface area contributed by atoms with Gasteiger partial charge in [-0.05, 0) is 18.6 Å². The number of anilines is 1. The van der Waals surface area contributed by atoms with Crippen molar-refractivity contribution in [3.8, 4) is 0 Å². The van der Waals surface area contributed by atoms with E-state index in [2.05, 4.69) is 33.1 Å². The summed E-state index contributed by atoms with van der Waals surface area (Å²) in [7, 11) is 0. The van der Waals surface area contributed by atoms with Crippen molar-refractivity contribution in [3.05, 3.63) is 35.9 Å². The maximum Gasteiger partial charge on any atom is 0.254 e. The minimum absolute atomic E-state index is 0.0781. The summed E-state index contributed by atoms with van der Waals surface area (Å²) in [5.74, 6) is 1.32. The van der Waals surface area contributed by atoms with Gasteiger partial charge in [0.1, 0.15) is 5.82 Å². The van der Waals surface area contributed by atoms with Gasteiger partial charge in [0, 0.05) is 61.6 Å². The molecule has 0 atom stereocenters. The summed E-state index contributed by atoms with van der Waals surface area (Å²) in [6.07, 6.45) is 4.26. The Hall–Kier alpha value is -2.02. The van der Waals surface area contributed by atoms with Crippen LogP contribution in [0.2, 0.25) is 0 Å². The fourth-order valence-electron chi connectivity index (χ4n) is 2.58. The molecule has 1 amide bonds. The van der Waals surface area contributed by atoms with Crippen LogP contribution in [0.3, 0.4) is 0 Å². The van der Waals surface area contributed by atoms with Crippen LogP contribution in [0.25, 0.3) is 0 Å². The van der Waals surface area contributed by atoms with Crippen LogP contribution in [0, 0.1) is 0 Å². The summed E-state index contributed by atoms with van der Waals surface area (Å²) in [5, 5.41) is 0.965. The predicted octanol–water partition coefficient (Wildman–Crippen LogP) is 2.41. The van der Waals surface area contributed by atoms with Gasteiger partial charge in [0.05, 0.1) is 0 Å². The third kappa shape index (κ3) is 3.67. The SMILES string of the molecule is CC(C)c1nsc(N2CCCN(C(=O)c3ccncc3)CC2)n1. The lowest BCUT2D eigenvalue weighted by Gasteiger charge is -2.21. The van der Waals surface area contributed by atoms with E-state index in [9.17, 15) is 4.79 Å². The smallest absolute Gasteiger partial charge is 0.254 e. The molecule has 1 aliphatic rings. The lowest BCUT2D eigenvalue weighted by molar-refractivity contribution is 0.0767. The van der Waals surface area contributed by atoms with Gasteiger partial charge in [0.15, 0.2) is 0 Å². The number of amides is 1. The molecule has 0 spiro atoms. The molecule has 3 heterocycles. The second-order valence-corrected chi connectivity index (χ2v) is 6.69. The Labute approximate surface area is 140 Å². The normalized spacial score (nSPS) is 15.8. The van der Waals surface area contributed by atoms with Gasteiger partial charge in [-0.3, -0.25) is 9.78 Å². The fraction of sp³-hybridized carbons (Fsp3) is 0.500. The average Bonchev–Trinajstić information content (AvgIpc) is 2.94. The number of hydrogen-bond donors (Lipinski definition) is 0. The van der Waals surface area contributed by atoms with Gasteiger partial charge in [-0.25, -0.2) is 4.98 Å². The lowest BCUT2D eigenvalue weighted by atomic mass is 10.2. The van der Waals surface area contributed by atoms with Crippen LogP contribution in [0.5, 0.6) is 0 Å². The standard InChI is InChI=1S/C16H21N5OS/c1-12(2)14-18-16(23-19-14)21-9-3-8-20(10-11-21)15(22)13-4-6-17-7-5-13/h4-7,12H,3,8-11H2,1-2H3. The highest BCUT2D eigenvalue weighted by Crippen LogP contribution is 2.22. The van der Waals surface area contributed by atoms with Gasteiger partial charge in [-0.1, -0.05) is 13.8 Å². The molecule has 0 aliphatic carbocycles. The zero-order chi connectivity index (χ0) is 16.2. The Morgan fingerprint density at radius 2 is 1.96 bits per heavy atom. The number of carbonyl (C=O) groups is 1. The molecule has 0 saturated carbocycles. The minimum atomic E-state index is 0.0781. The van der Waals surface area contributed by atoms with Crippen molar-refractivity contribution in [2.45, 2.75) is 26.2 Å². The van der Waals surface area contributed by atoms with E-state index in [4.69, 9.17) is 0 Å². The molecule has 2 aromatic heterocycles. The summed E-state index contributed by atoms with van der Waals surface area (Å²) in [5.41, 5.74) is 0.700. The van der Waals surface area contributed by atoms with Crippen LogP contribution in [-0.4, -0.2) is 51.3 Å². The molecule has 2 aromatic rings. The zero-order valence-corrected chi connectivity index (χ0v) is 14.3. The number of aromatic nitrogens is 3. The molecule has 6 nitrogen and oxygen atoms in total. The molecule has 7 heteroatoms. The summed E-state index contributed by atoms with van der Waals surface area (Å²) < 4.78 is 4.42. The van der Waals surface area contributed by atoms with Crippen LogP contribution in [0.15, 0.2) is 24.5 Å². The minimum Gasteiger partial charge on any atom is -0.345 e. The van der Waals surface area contributed by atoms with Crippen molar-refractivity contribution in [2.24, 2.45) is 0 Å². The Bertz CT molecular complexity index is 658. The number of rotatable bonds is 3. The van der Waals surface area contributed by atoms with E-state index in [1.807, 2.05) is 4.90 Å². The van der Waals surface area contributed by atoms with Crippen molar-refractivity contribution >= 4 is 22.6 Å². The highest BCUT2D eigenvalue weighted by atomic mass is 32.1. The van der Waals surface area contributed by atoms with E-state index in [-0.39, 0.29) is 5.91 Å². The van der Waals surface area contributed by atoms with Crippen LogP contribution in [0.1, 0.15) is 42.4 Å². The van der Waals surface area contributed by atoms with Gasteiger partial charge in [0.2, 0.25) is 5.13 Å². The largest absolute Gasteiger partial charge is 0.345 e. The Balaban J connectivity index is 1.66. The predicted molar refractivity (Wildman–Crippen MR) is 91.0 cm³/mol. The Morgan fingerprint density at radius 3 is 2.65 bits per heavy atom. The molecule has 0 unspecified atom stereocenters. The second kappa shape index (κ2) is 7.04. The van der Waals surface area contributed by atoms with E-state index in [1.54, 1.807) is 24.5 Å². The number of pyridine rings is 1. The first-order valence-corrected chi connectivity index (χ1v) is 8.70. The first-order valence-electron chi connectivity index (χ1n) is 7.93. The number of nitrogens with zero attached hydrogens (tertiary/aromatic N) is 5. The van der Waals surface area contributed by atoms with E-state index in [1.165, 1.54) is 11.5 Å². The molecule has 0 aromatic carbocycles. The molecule has 3 rings (SSSR count). The maximum absolute atomic E-state index is 12.5. The molecule has 122 valence electrons. The van der Waals surface area contributed by atoms with Crippen molar-refractivity contribution in [2.75, 3.05) is 31.1 Å². The molecule has 23 heavy (non-hydrogen) atoms. The Kier molecular flexibility index (Phi) is 4.85. The van der Waals surface area contributed by atoms with Gasteiger partial charge >= 0.3 is 0 Å². The molecular formula is C16H21N5OS. The highest BCUT2D eigenvalue weighted by Gasteiger charge is 2.22. The third-order valence-electron chi connectivity index (χ3n) is 3.93. The molecule has 1 aliphatic heterocycles. The molecular weight excluding hydrogens is 310 g/mol. The lowest BCUT2D eigenvalue weighted by Crippen LogP contribution is -2.35. The Morgan fingerprint density at radius 1 is 1.17 bits per heavy atom. The van der Waals surface area contributed by atoms with E-state index in [0.717, 1.165) is 37.0 Å². The van der Waals surface area contributed by atoms with E-state index < -0.39 is 0 Å². The first kappa shape index (κ1) is 15.9. The van der Waals surface area contributed by atoms with Gasteiger partial charge in [0.25, 0.3) is 5.91 Å². The van der Waals surface area contributed by atoms with Crippen LogP contribution >= 0.6 is 11.5 Å². The third-order valence-corrected chi connectivity index (χ3v) is 4.72. The average molecular weight is 331 g/mol. The van der Waals surface area contributed by atoms with E-state index in [0.29, 0.717) is 18.0 Å². The maximum atomic E-state index is 12.5.